The van der Waals surface area contributed by atoms with E-state index >= 15 is 0 Å². The van der Waals surface area contributed by atoms with Crippen LogP contribution in [0.3, 0.4) is 0 Å². The predicted octanol–water partition coefficient (Wildman–Crippen LogP) is 3.18. The van der Waals surface area contributed by atoms with Crippen LogP contribution >= 0.6 is 15.9 Å². The number of hydrogen-bond donors (Lipinski definition) is 1. The van der Waals surface area contributed by atoms with Gasteiger partial charge < -0.3 is 5.32 Å². The van der Waals surface area contributed by atoms with E-state index < -0.39 is 0 Å². The number of hydrogen-bond acceptors (Lipinski definition) is 3. The highest BCUT2D eigenvalue weighted by Gasteiger charge is 2.66. The Labute approximate surface area is 149 Å². The van der Waals surface area contributed by atoms with Gasteiger partial charge in [-0.1, -0.05) is 28.1 Å². The van der Waals surface area contributed by atoms with E-state index in [0.717, 1.165) is 15.7 Å². The summed E-state index contributed by atoms with van der Waals surface area (Å²) >= 11 is 3.45. The van der Waals surface area contributed by atoms with E-state index in [4.69, 9.17) is 0 Å². The number of carbonyl (C=O) groups excluding carboxylic acids is 2. The minimum Gasteiger partial charge on any atom is -0.367 e. The van der Waals surface area contributed by atoms with Crippen molar-refractivity contribution in [3.8, 4) is 0 Å². The van der Waals surface area contributed by atoms with Crippen LogP contribution in [0.15, 0.2) is 34.8 Å². The Balaban J connectivity index is 1.37. The Morgan fingerprint density at radius 2 is 1.75 bits per heavy atom. The van der Waals surface area contributed by atoms with Crippen LogP contribution in [0.2, 0.25) is 0 Å². The van der Waals surface area contributed by atoms with Gasteiger partial charge in [0.25, 0.3) is 0 Å². The molecule has 3 fully saturated rings. The fourth-order valence-corrected chi connectivity index (χ4v) is 5.64. The van der Waals surface area contributed by atoms with Gasteiger partial charge in [0.05, 0.1) is 18.5 Å². The summed E-state index contributed by atoms with van der Waals surface area (Å²) in [4.78, 5) is 27.2. The largest absolute Gasteiger partial charge is 0.367 e. The summed E-state index contributed by atoms with van der Waals surface area (Å²) < 4.78 is 1.02. The van der Waals surface area contributed by atoms with Crippen LogP contribution in [0.4, 0.5) is 5.69 Å². The van der Waals surface area contributed by atoms with Crippen molar-refractivity contribution in [2.75, 3.05) is 12.0 Å². The summed E-state index contributed by atoms with van der Waals surface area (Å²) in [6.45, 7) is 2.28. The topological polar surface area (TPSA) is 49.4 Å². The number of nitrogens with zero attached hydrogens (tertiary/aromatic N) is 1. The lowest BCUT2D eigenvalue weighted by atomic mass is 9.63. The molecule has 1 aliphatic heterocycles. The minimum atomic E-state index is -0.107. The highest BCUT2D eigenvalue weighted by atomic mass is 79.9. The summed E-state index contributed by atoms with van der Waals surface area (Å²) in [5, 5.41) is 3.27. The lowest BCUT2D eigenvalue weighted by molar-refractivity contribution is -0.139. The third-order valence-electron chi connectivity index (χ3n) is 6.37. The Morgan fingerprint density at radius 3 is 2.33 bits per heavy atom. The standard InChI is InChI=1S/C19H19BrN2O2/c1-9-6-10(20)2-5-15(9)21-8-22-18(23)16-11-3-4-12(14-7-13(11)14)17(16)19(22)24/h2-6,11-14,16-17,21H,7-8H2,1H3/t11-,12-,13+,14+,16+,17+/m1/s1. The highest BCUT2D eigenvalue weighted by Crippen LogP contribution is 2.65. The number of imide groups is 1. The first-order valence-corrected chi connectivity index (χ1v) is 9.39. The van der Waals surface area contributed by atoms with Gasteiger partial charge in [0.15, 0.2) is 0 Å². The molecule has 0 spiro atoms. The minimum absolute atomic E-state index is 0.0250. The van der Waals surface area contributed by atoms with Gasteiger partial charge in [-0.3, -0.25) is 14.5 Å². The Kier molecular flexibility index (Phi) is 3.03. The summed E-state index contributed by atoms with van der Waals surface area (Å²) in [7, 11) is 0. The molecule has 24 heavy (non-hydrogen) atoms. The van der Waals surface area contributed by atoms with Crippen molar-refractivity contribution >= 4 is 33.4 Å². The molecule has 5 heteroatoms. The molecule has 4 aliphatic carbocycles. The maximum atomic E-state index is 12.9. The Morgan fingerprint density at radius 1 is 1.12 bits per heavy atom. The van der Waals surface area contributed by atoms with Crippen molar-refractivity contribution in [2.24, 2.45) is 35.5 Å². The van der Waals surface area contributed by atoms with E-state index in [2.05, 4.69) is 33.4 Å². The number of rotatable bonds is 3. The number of halogens is 1. The van der Waals surface area contributed by atoms with Crippen molar-refractivity contribution < 1.29 is 9.59 Å². The van der Waals surface area contributed by atoms with Crippen LogP contribution in [-0.4, -0.2) is 23.4 Å². The zero-order valence-electron chi connectivity index (χ0n) is 13.4. The summed E-state index contributed by atoms with van der Waals surface area (Å²) in [5.41, 5.74) is 2.04. The lowest BCUT2D eigenvalue weighted by Crippen LogP contribution is -2.40. The molecule has 1 N–H and O–H groups in total. The molecule has 2 bridgehead atoms. The zero-order valence-corrected chi connectivity index (χ0v) is 15.0. The number of nitrogens with one attached hydrogen (secondary N) is 1. The van der Waals surface area contributed by atoms with Gasteiger partial charge in [0.2, 0.25) is 11.8 Å². The molecule has 124 valence electrons. The van der Waals surface area contributed by atoms with Crippen molar-refractivity contribution in [3.63, 3.8) is 0 Å². The Hall–Kier alpha value is -1.62. The van der Waals surface area contributed by atoms with Crippen LogP contribution < -0.4 is 5.32 Å². The molecule has 0 aromatic heterocycles. The number of benzene rings is 1. The maximum absolute atomic E-state index is 12.9. The Bertz CT molecular complexity index is 754. The van der Waals surface area contributed by atoms with Crippen molar-refractivity contribution in [3.05, 3.63) is 40.4 Å². The summed E-state index contributed by atoms with van der Waals surface area (Å²) in [5.74, 6) is 1.73. The smallest absolute Gasteiger partial charge is 0.235 e. The number of aryl methyl sites for hydroxylation is 1. The molecule has 0 unspecified atom stereocenters. The SMILES string of the molecule is Cc1cc(Br)ccc1NCN1C(=O)[C@H]2[C@@H]3C=C[C@H]([C@@H]4C[C@@H]34)[C@@H]2C1=O. The van der Waals surface area contributed by atoms with Gasteiger partial charge in [-0.05, 0) is 60.8 Å². The van der Waals surface area contributed by atoms with Crippen molar-refractivity contribution in [1.82, 2.24) is 4.90 Å². The molecule has 4 nitrogen and oxygen atoms in total. The predicted molar refractivity (Wildman–Crippen MR) is 93.9 cm³/mol. The monoisotopic (exact) mass is 386 g/mol. The molecular formula is C19H19BrN2O2. The first-order valence-electron chi connectivity index (χ1n) is 8.60. The second kappa shape index (κ2) is 4.94. The fourth-order valence-electron chi connectivity index (χ4n) is 5.16. The van der Waals surface area contributed by atoms with Gasteiger partial charge in [-0.2, -0.15) is 0 Å². The summed E-state index contributed by atoms with van der Waals surface area (Å²) in [6.07, 6.45) is 5.62. The molecule has 1 aromatic carbocycles. The molecule has 5 aliphatic rings. The van der Waals surface area contributed by atoms with Gasteiger partial charge in [0.1, 0.15) is 0 Å². The molecular weight excluding hydrogens is 368 g/mol. The van der Waals surface area contributed by atoms with Crippen LogP contribution in [0.5, 0.6) is 0 Å². The van der Waals surface area contributed by atoms with E-state index in [0.29, 0.717) is 23.7 Å². The van der Waals surface area contributed by atoms with Crippen LogP contribution in [0.25, 0.3) is 0 Å². The van der Waals surface area contributed by atoms with Crippen LogP contribution in [0.1, 0.15) is 12.0 Å². The molecule has 2 saturated carbocycles. The average molecular weight is 387 g/mol. The van der Waals surface area contributed by atoms with Gasteiger partial charge in [-0.15, -0.1) is 0 Å². The normalized spacial score (nSPS) is 38.3. The van der Waals surface area contributed by atoms with Gasteiger partial charge in [-0.25, -0.2) is 0 Å². The first kappa shape index (κ1) is 14.7. The molecule has 2 amide bonds. The molecule has 6 atom stereocenters. The molecule has 1 heterocycles. The highest BCUT2D eigenvalue weighted by molar-refractivity contribution is 9.10. The molecule has 1 saturated heterocycles. The number of likely N-dealkylation sites (tertiary alicyclic amines) is 1. The number of amides is 2. The maximum Gasteiger partial charge on any atom is 0.235 e. The van der Waals surface area contributed by atoms with Gasteiger partial charge >= 0.3 is 0 Å². The fraction of sp³-hybridized carbons (Fsp3) is 0.474. The lowest BCUT2D eigenvalue weighted by Gasteiger charge is -2.37. The summed E-state index contributed by atoms with van der Waals surface area (Å²) in [6, 6.07) is 5.95. The van der Waals surface area contributed by atoms with E-state index in [1.807, 2.05) is 25.1 Å². The van der Waals surface area contributed by atoms with Gasteiger partial charge in [0, 0.05) is 10.2 Å². The first-order chi connectivity index (χ1) is 11.6. The third-order valence-corrected chi connectivity index (χ3v) is 6.86. The van der Waals surface area contributed by atoms with E-state index in [9.17, 15) is 9.59 Å². The number of allylic oxidation sites excluding steroid dienone is 2. The van der Waals surface area contributed by atoms with Crippen LogP contribution in [0, 0.1) is 42.4 Å². The van der Waals surface area contributed by atoms with Crippen molar-refractivity contribution in [2.45, 2.75) is 13.3 Å². The van der Waals surface area contributed by atoms with Crippen LogP contribution in [-0.2, 0) is 9.59 Å². The third kappa shape index (κ3) is 1.91. The van der Waals surface area contributed by atoms with E-state index in [1.165, 1.54) is 11.3 Å². The molecule has 0 radical (unpaired) electrons. The zero-order chi connectivity index (χ0) is 16.6. The second-order valence-electron chi connectivity index (χ2n) is 7.55. The number of carbonyl (C=O) groups is 2. The second-order valence-corrected chi connectivity index (χ2v) is 8.47. The van der Waals surface area contributed by atoms with E-state index in [-0.39, 0.29) is 30.3 Å². The molecule has 1 aromatic rings. The van der Waals surface area contributed by atoms with E-state index in [1.54, 1.807) is 0 Å². The number of anilines is 1. The average Bonchev–Trinajstić information content (AvgIpc) is 3.33. The molecule has 6 rings (SSSR count). The quantitative estimate of drug-likeness (QED) is 0.640. The van der Waals surface area contributed by atoms with Crippen molar-refractivity contribution in [1.29, 1.82) is 0 Å².